The van der Waals surface area contributed by atoms with Gasteiger partial charge in [-0.2, -0.15) is 0 Å². The maximum Gasteiger partial charge on any atom is 0.574 e. The van der Waals surface area contributed by atoms with Crippen LogP contribution in [0, 0.1) is 0 Å². The van der Waals surface area contributed by atoms with Gasteiger partial charge in [-0.05, 0) is 11.6 Å². The van der Waals surface area contributed by atoms with Crippen LogP contribution in [-0.2, 0) is 6.61 Å². The first-order valence-corrected chi connectivity index (χ1v) is 5.41. The topological polar surface area (TPSA) is 31.4 Å². The van der Waals surface area contributed by atoms with Crippen LogP contribution in [0.3, 0.4) is 0 Å². The summed E-state index contributed by atoms with van der Waals surface area (Å²) in [5.41, 5.74) is 0.914. The van der Waals surface area contributed by atoms with Crippen LogP contribution in [0.25, 0.3) is 0 Å². The average Bonchev–Trinajstić information content (AvgIpc) is 2.36. The summed E-state index contributed by atoms with van der Waals surface area (Å²) in [5.74, 6) is -0.281. The highest BCUT2D eigenvalue weighted by Crippen LogP contribution is 2.24. The second kappa shape index (κ2) is 5.60. The van der Waals surface area contributed by atoms with Crippen molar-refractivity contribution in [3.63, 3.8) is 0 Å². The van der Waals surface area contributed by atoms with Crippen molar-refractivity contribution in [2.75, 3.05) is 0 Å². The maximum atomic E-state index is 12.0. The van der Waals surface area contributed by atoms with Crippen molar-refractivity contribution in [1.82, 2.24) is 4.98 Å². The molecule has 0 spiro atoms. The molecule has 3 nitrogen and oxygen atoms in total. The minimum atomic E-state index is -4.76. The zero-order valence-corrected chi connectivity index (χ0v) is 9.72. The molecule has 0 N–H and O–H groups in total. The fraction of sp³-hybridized carbons (Fsp3) is 0.154. The Bertz CT molecular complexity index is 529. The normalized spacial score (nSPS) is 11.1. The van der Waals surface area contributed by atoms with E-state index in [0.717, 1.165) is 11.6 Å². The predicted molar refractivity (Wildman–Crippen MR) is 61.7 cm³/mol. The van der Waals surface area contributed by atoms with E-state index in [1.165, 1.54) is 12.3 Å². The third kappa shape index (κ3) is 4.50. The van der Waals surface area contributed by atoms with Gasteiger partial charge in [-0.3, -0.25) is 0 Å². The number of alkyl halides is 3. The van der Waals surface area contributed by atoms with Crippen molar-refractivity contribution in [2.24, 2.45) is 0 Å². The number of ether oxygens (including phenoxy) is 2. The Morgan fingerprint density at radius 2 is 1.79 bits per heavy atom. The van der Waals surface area contributed by atoms with Gasteiger partial charge in [-0.15, -0.1) is 13.2 Å². The molecule has 0 fully saturated rings. The Morgan fingerprint density at radius 3 is 2.47 bits per heavy atom. The van der Waals surface area contributed by atoms with Gasteiger partial charge in [-0.25, -0.2) is 4.98 Å². The molecular weight excluding hydrogens is 259 g/mol. The monoisotopic (exact) mass is 269 g/mol. The molecule has 0 saturated heterocycles. The third-order valence-electron chi connectivity index (χ3n) is 2.17. The molecule has 19 heavy (non-hydrogen) atoms. The van der Waals surface area contributed by atoms with Crippen LogP contribution in [0.2, 0.25) is 0 Å². The molecule has 2 aromatic rings. The molecule has 0 unspecified atom stereocenters. The van der Waals surface area contributed by atoms with Crippen LogP contribution in [0.4, 0.5) is 13.2 Å². The third-order valence-corrected chi connectivity index (χ3v) is 2.17. The van der Waals surface area contributed by atoms with E-state index in [-0.39, 0.29) is 12.4 Å². The molecular formula is C13H10F3NO2. The summed E-state index contributed by atoms with van der Waals surface area (Å²) in [7, 11) is 0. The Morgan fingerprint density at radius 1 is 1.05 bits per heavy atom. The van der Waals surface area contributed by atoms with Gasteiger partial charge in [-0.1, -0.05) is 30.3 Å². The Hall–Kier alpha value is -2.24. The summed E-state index contributed by atoms with van der Waals surface area (Å²) in [4.78, 5) is 3.46. The fourth-order valence-corrected chi connectivity index (χ4v) is 1.40. The summed E-state index contributed by atoms with van der Waals surface area (Å²) < 4.78 is 45.1. The van der Waals surface area contributed by atoms with E-state index in [9.17, 15) is 13.2 Å². The summed E-state index contributed by atoms with van der Waals surface area (Å²) in [6, 6.07) is 11.8. The lowest BCUT2D eigenvalue weighted by Crippen LogP contribution is -2.17. The lowest BCUT2D eigenvalue weighted by atomic mass is 10.2. The molecule has 1 aromatic heterocycles. The first kappa shape index (κ1) is 13.2. The van der Waals surface area contributed by atoms with Crippen molar-refractivity contribution >= 4 is 0 Å². The molecule has 0 aliphatic heterocycles. The molecule has 6 heteroatoms. The van der Waals surface area contributed by atoms with Crippen LogP contribution in [0.5, 0.6) is 11.6 Å². The zero-order chi connectivity index (χ0) is 13.7. The highest BCUT2D eigenvalue weighted by molar-refractivity contribution is 5.26. The van der Waals surface area contributed by atoms with E-state index in [2.05, 4.69) is 9.72 Å². The van der Waals surface area contributed by atoms with E-state index in [0.29, 0.717) is 0 Å². The number of rotatable bonds is 4. The van der Waals surface area contributed by atoms with Crippen molar-refractivity contribution in [2.45, 2.75) is 13.0 Å². The second-order valence-electron chi connectivity index (χ2n) is 3.65. The average molecular weight is 269 g/mol. The van der Waals surface area contributed by atoms with Gasteiger partial charge in [0.05, 0.1) is 0 Å². The molecule has 2 rings (SSSR count). The molecule has 1 heterocycles. The van der Waals surface area contributed by atoms with E-state index in [1.54, 1.807) is 0 Å². The van der Waals surface area contributed by atoms with E-state index in [1.807, 2.05) is 30.3 Å². The lowest BCUT2D eigenvalue weighted by Gasteiger charge is -2.10. The lowest BCUT2D eigenvalue weighted by molar-refractivity contribution is -0.276. The van der Waals surface area contributed by atoms with Crippen LogP contribution in [0.15, 0.2) is 48.7 Å². The van der Waals surface area contributed by atoms with Crippen LogP contribution in [0.1, 0.15) is 5.56 Å². The first-order chi connectivity index (χ1) is 9.03. The van der Waals surface area contributed by atoms with Crippen molar-refractivity contribution < 1.29 is 22.6 Å². The first-order valence-electron chi connectivity index (χ1n) is 5.41. The Balaban J connectivity index is 1.99. The summed E-state index contributed by atoms with van der Waals surface area (Å²) >= 11 is 0. The predicted octanol–water partition coefficient (Wildman–Crippen LogP) is 3.56. The largest absolute Gasteiger partial charge is 0.574 e. The molecule has 1 aromatic carbocycles. The van der Waals surface area contributed by atoms with E-state index >= 15 is 0 Å². The minimum Gasteiger partial charge on any atom is -0.489 e. The van der Waals surface area contributed by atoms with Crippen molar-refractivity contribution in [3.05, 3.63) is 54.2 Å². The smallest absolute Gasteiger partial charge is 0.489 e. The van der Waals surface area contributed by atoms with E-state index in [4.69, 9.17) is 4.74 Å². The van der Waals surface area contributed by atoms with Crippen LogP contribution >= 0.6 is 0 Å². The van der Waals surface area contributed by atoms with Crippen LogP contribution < -0.4 is 9.47 Å². The second-order valence-corrected chi connectivity index (χ2v) is 3.65. The summed E-state index contributed by atoms with van der Waals surface area (Å²) in [6.45, 7) is 0.260. The standard InChI is InChI=1S/C13H10F3NO2/c14-13(15,16)19-12-8-11(6-7-17-12)18-9-10-4-2-1-3-5-10/h1-8H,9H2. The molecule has 100 valence electrons. The maximum absolute atomic E-state index is 12.0. The van der Waals surface area contributed by atoms with Crippen molar-refractivity contribution in [1.29, 1.82) is 0 Å². The van der Waals surface area contributed by atoms with Gasteiger partial charge in [0.2, 0.25) is 5.88 Å². The molecule has 0 bridgehead atoms. The van der Waals surface area contributed by atoms with Gasteiger partial charge >= 0.3 is 6.36 Å². The number of hydrogen-bond acceptors (Lipinski definition) is 3. The SMILES string of the molecule is FC(F)(F)Oc1cc(OCc2ccccc2)ccn1. The zero-order valence-electron chi connectivity index (χ0n) is 9.72. The van der Waals surface area contributed by atoms with Gasteiger partial charge in [0.1, 0.15) is 12.4 Å². The molecule has 0 saturated carbocycles. The van der Waals surface area contributed by atoms with E-state index < -0.39 is 12.2 Å². The molecule has 0 amide bonds. The quantitative estimate of drug-likeness (QED) is 0.850. The number of halogens is 3. The number of hydrogen-bond donors (Lipinski definition) is 0. The molecule has 0 atom stereocenters. The highest BCUT2D eigenvalue weighted by atomic mass is 19.4. The van der Waals surface area contributed by atoms with Crippen molar-refractivity contribution in [3.8, 4) is 11.6 Å². The molecule has 0 radical (unpaired) electrons. The van der Waals surface area contributed by atoms with Gasteiger partial charge in [0, 0.05) is 12.3 Å². The number of benzene rings is 1. The van der Waals surface area contributed by atoms with Crippen LogP contribution in [-0.4, -0.2) is 11.3 Å². The molecule has 0 aliphatic carbocycles. The summed E-state index contributed by atoms with van der Waals surface area (Å²) in [6.07, 6.45) is -3.56. The van der Waals surface area contributed by atoms with Gasteiger partial charge in [0.25, 0.3) is 0 Å². The number of pyridine rings is 1. The number of nitrogens with zero attached hydrogens (tertiary/aromatic N) is 1. The molecule has 0 aliphatic rings. The Kier molecular flexibility index (Phi) is 3.89. The number of aromatic nitrogens is 1. The van der Waals surface area contributed by atoms with Gasteiger partial charge in [0.15, 0.2) is 0 Å². The fourth-order valence-electron chi connectivity index (χ4n) is 1.40. The minimum absolute atomic E-state index is 0.260. The highest BCUT2D eigenvalue weighted by Gasteiger charge is 2.31. The summed E-state index contributed by atoms with van der Waals surface area (Å²) in [5, 5.41) is 0. The van der Waals surface area contributed by atoms with Gasteiger partial charge < -0.3 is 9.47 Å². The Labute approximate surface area is 107 Å².